The molecule has 1 saturated heterocycles. The zero-order chi connectivity index (χ0) is 25.1. The number of nitrogens with two attached hydrogens (primary N) is 1. The van der Waals surface area contributed by atoms with Crippen molar-refractivity contribution in [3.63, 3.8) is 0 Å². The van der Waals surface area contributed by atoms with Crippen molar-refractivity contribution in [2.75, 3.05) is 20.2 Å². The van der Waals surface area contributed by atoms with E-state index in [0.717, 1.165) is 40.3 Å². The smallest absolute Gasteiger partial charge is 0.254 e. The van der Waals surface area contributed by atoms with Crippen LogP contribution in [0.3, 0.4) is 0 Å². The molecule has 9 heteroatoms. The number of pyridine rings is 1. The minimum Gasteiger partial charge on any atom is -0.494 e. The van der Waals surface area contributed by atoms with Crippen LogP contribution in [0.15, 0.2) is 30.3 Å². The molecule has 6 rings (SSSR count). The number of imidazole rings is 1. The van der Waals surface area contributed by atoms with Gasteiger partial charge >= 0.3 is 0 Å². The molecular formula is C27H31FN6O2. The summed E-state index contributed by atoms with van der Waals surface area (Å²) in [6.07, 6.45) is 1.62. The Bertz CT molecular complexity index is 1480. The van der Waals surface area contributed by atoms with E-state index in [1.54, 1.807) is 19.2 Å². The Morgan fingerprint density at radius 3 is 2.72 bits per heavy atom. The van der Waals surface area contributed by atoms with Gasteiger partial charge in [0.2, 0.25) is 0 Å². The van der Waals surface area contributed by atoms with E-state index in [9.17, 15) is 9.18 Å². The third-order valence-electron chi connectivity index (χ3n) is 7.37. The molecule has 2 fully saturated rings. The first-order valence-electron chi connectivity index (χ1n) is 12.5. The summed E-state index contributed by atoms with van der Waals surface area (Å²) in [6, 6.07) is 9.39. The molecule has 188 valence electrons. The molecule has 2 aliphatic rings. The number of likely N-dealkylation sites (tertiary alicyclic amines) is 1. The summed E-state index contributed by atoms with van der Waals surface area (Å²) in [7, 11) is 3.55. The number of carbonyl (C=O) groups is 1. The molecule has 0 bridgehead atoms. The Balaban J connectivity index is 1.47. The SMILES string of the molecule is COc1cc(C(=O)N2CC(N)C[C@@H](F)C2)cc2nc(-c3cc4ccc(C)nc4n3CC3CC3)n(C)c12. The summed E-state index contributed by atoms with van der Waals surface area (Å²) in [6.45, 7) is 3.29. The van der Waals surface area contributed by atoms with Crippen LogP contribution in [0.1, 0.15) is 35.3 Å². The van der Waals surface area contributed by atoms with Gasteiger partial charge in [-0.2, -0.15) is 0 Å². The standard InChI is InChI=1S/C27H31FN6O2/c1-15-4-7-17-9-22(34(25(17)30-15)12-16-5-6-16)26-31-21-8-18(10-23(36-3)24(21)32(26)2)27(35)33-13-19(28)11-20(29)14-33/h4,7-10,16,19-20H,5-6,11-14,29H2,1-3H3/t19-,20?/m1/s1. The van der Waals surface area contributed by atoms with Gasteiger partial charge in [0.1, 0.15) is 23.1 Å². The highest BCUT2D eigenvalue weighted by Gasteiger charge is 2.30. The Morgan fingerprint density at radius 2 is 2.00 bits per heavy atom. The maximum absolute atomic E-state index is 14.1. The van der Waals surface area contributed by atoms with Crippen molar-refractivity contribution in [3.8, 4) is 17.3 Å². The van der Waals surface area contributed by atoms with Crippen LogP contribution >= 0.6 is 0 Å². The van der Waals surface area contributed by atoms with Gasteiger partial charge in [-0.25, -0.2) is 14.4 Å². The average molecular weight is 491 g/mol. The van der Waals surface area contributed by atoms with E-state index in [2.05, 4.69) is 16.7 Å². The number of hydrogen-bond acceptors (Lipinski definition) is 5. The topological polar surface area (TPSA) is 91.2 Å². The van der Waals surface area contributed by atoms with Gasteiger partial charge in [0.05, 0.1) is 24.9 Å². The normalized spacial score (nSPS) is 20.4. The molecule has 1 aliphatic carbocycles. The van der Waals surface area contributed by atoms with Crippen LogP contribution in [-0.4, -0.2) is 62.3 Å². The van der Waals surface area contributed by atoms with Crippen molar-refractivity contribution in [1.82, 2.24) is 24.0 Å². The molecule has 1 saturated carbocycles. The number of rotatable bonds is 5. The maximum atomic E-state index is 14.1. The van der Waals surface area contributed by atoms with Gasteiger partial charge in [-0.1, -0.05) is 0 Å². The number of carbonyl (C=O) groups excluding carboxylic acids is 1. The molecule has 1 amide bonds. The molecule has 8 nitrogen and oxygen atoms in total. The number of fused-ring (bicyclic) bond motifs is 2. The first-order valence-corrected chi connectivity index (χ1v) is 12.5. The van der Waals surface area contributed by atoms with E-state index < -0.39 is 6.17 Å². The number of amides is 1. The van der Waals surface area contributed by atoms with E-state index >= 15 is 0 Å². The lowest BCUT2D eigenvalue weighted by Gasteiger charge is -2.33. The fourth-order valence-electron chi connectivity index (χ4n) is 5.39. The van der Waals surface area contributed by atoms with Gasteiger partial charge in [0, 0.05) is 42.8 Å². The van der Waals surface area contributed by atoms with Crippen molar-refractivity contribution in [2.24, 2.45) is 18.7 Å². The first kappa shape index (κ1) is 23.0. The van der Waals surface area contributed by atoms with Gasteiger partial charge in [-0.15, -0.1) is 0 Å². The Labute approximate surface area is 208 Å². The fraction of sp³-hybridized carbons (Fsp3) is 0.444. The van der Waals surface area contributed by atoms with Gasteiger partial charge in [0.15, 0.2) is 5.82 Å². The highest BCUT2D eigenvalue weighted by molar-refractivity contribution is 6.00. The second-order valence-corrected chi connectivity index (χ2v) is 10.3. The highest BCUT2D eigenvalue weighted by Crippen LogP contribution is 2.37. The van der Waals surface area contributed by atoms with Crippen LogP contribution in [0, 0.1) is 12.8 Å². The number of aryl methyl sites for hydroxylation is 2. The quantitative estimate of drug-likeness (QED) is 0.459. The van der Waals surface area contributed by atoms with Crippen LogP contribution in [0.5, 0.6) is 5.75 Å². The highest BCUT2D eigenvalue weighted by atomic mass is 19.1. The molecule has 4 heterocycles. The molecular weight excluding hydrogens is 459 g/mol. The Kier molecular flexibility index (Phi) is 5.48. The number of benzene rings is 1. The minimum absolute atomic E-state index is 0.0496. The summed E-state index contributed by atoms with van der Waals surface area (Å²) in [5, 5.41) is 1.08. The molecule has 1 aliphatic heterocycles. The van der Waals surface area contributed by atoms with Crippen molar-refractivity contribution < 1.29 is 13.9 Å². The largest absolute Gasteiger partial charge is 0.494 e. The van der Waals surface area contributed by atoms with Crippen LogP contribution in [0.4, 0.5) is 4.39 Å². The third-order valence-corrected chi connectivity index (χ3v) is 7.37. The predicted molar refractivity (Wildman–Crippen MR) is 137 cm³/mol. The first-order chi connectivity index (χ1) is 17.3. The van der Waals surface area contributed by atoms with Crippen molar-refractivity contribution in [3.05, 3.63) is 41.6 Å². The second-order valence-electron chi connectivity index (χ2n) is 10.3. The lowest BCUT2D eigenvalue weighted by Crippen LogP contribution is -2.50. The number of alkyl halides is 1. The molecule has 0 radical (unpaired) electrons. The zero-order valence-corrected chi connectivity index (χ0v) is 20.9. The number of methoxy groups -OCH3 is 1. The maximum Gasteiger partial charge on any atom is 0.254 e. The number of nitrogens with zero attached hydrogens (tertiary/aromatic N) is 5. The third kappa shape index (κ3) is 3.91. The zero-order valence-electron chi connectivity index (χ0n) is 20.9. The minimum atomic E-state index is -1.12. The predicted octanol–water partition coefficient (Wildman–Crippen LogP) is 3.83. The summed E-state index contributed by atoms with van der Waals surface area (Å²) in [5.74, 6) is 1.73. The van der Waals surface area contributed by atoms with Gasteiger partial charge < -0.3 is 24.5 Å². The summed E-state index contributed by atoms with van der Waals surface area (Å²) in [5.41, 5.74) is 10.8. The van der Waals surface area contributed by atoms with Crippen molar-refractivity contribution >= 4 is 28.0 Å². The van der Waals surface area contributed by atoms with Crippen LogP contribution in [0.2, 0.25) is 0 Å². The molecule has 0 spiro atoms. The van der Waals surface area contributed by atoms with Crippen LogP contribution in [-0.2, 0) is 13.6 Å². The molecule has 2 atom stereocenters. The van der Waals surface area contributed by atoms with Gasteiger partial charge in [0.25, 0.3) is 5.91 Å². The number of hydrogen-bond donors (Lipinski definition) is 1. The van der Waals surface area contributed by atoms with Gasteiger partial charge in [-0.3, -0.25) is 4.79 Å². The van der Waals surface area contributed by atoms with E-state index in [0.29, 0.717) is 29.3 Å². The monoisotopic (exact) mass is 490 g/mol. The van der Waals surface area contributed by atoms with E-state index in [4.69, 9.17) is 20.4 Å². The summed E-state index contributed by atoms with van der Waals surface area (Å²) in [4.78, 5) is 24.6. The fourth-order valence-corrected chi connectivity index (χ4v) is 5.39. The molecule has 4 aromatic rings. The van der Waals surface area contributed by atoms with E-state index in [1.807, 2.05) is 24.6 Å². The summed E-state index contributed by atoms with van der Waals surface area (Å²) >= 11 is 0. The number of halogens is 1. The Morgan fingerprint density at radius 1 is 1.19 bits per heavy atom. The van der Waals surface area contributed by atoms with Crippen molar-refractivity contribution in [2.45, 2.75) is 44.9 Å². The van der Waals surface area contributed by atoms with Crippen LogP contribution < -0.4 is 10.5 Å². The summed E-state index contributed by atoms with van der Waals surface area (Å²) < 4.78 is 24.1. The average Bonchev–Trinajstić information content (AvgIpc) is 3.52. The van der Waals surface area contributed by atoms with E-state index in [-0.39, 0.29) is 24.9 Å². The second kappa shape index (κ2) is 8.58. The molecule has 3 aromatic heterocycles. The number of ether oxygens (including phenoxy) is 1. The molecule has 36 heavy (non-hydrogen) atoms. The Hall–Kier alpha value is -3.46. The van der Waals surface area contributed by atoms with E-state index in [1.165, 1.54) is 17.7 Å². The van der Waals surface area contributed by atoms with Gasteiger partial charge in [-0.05, 0) is 62.4 Å². The lowest BCUT2D eigenvalue weighted by atomic mass is 10.0. The number of piperidine rings is 1. The van der Waals surface area contributed by atoms with Crippen LogP contribution in [0.25, 0.3) is 33.6 Å². The molecule has 1 aromatic carbocycles. The van der Waals surface area contributed by atoms with Crippen molar-refractivity contribution in [1.29, 1.82) is 0 Å². The molecule has 1 unspecified atom stereocenters. The lowest BCUT2D eigenvalue weighted by molar-refractivity contribution is 0.0606. The molecule has 2 N–H and O–H groups in total. The number of aromatic nitrogens is 4.